The summed E-state index contributed by atoms with van der Waals surface area (Å²) in [5, 5.41) is 3.59. The molecular weight excluding hydrogens is 222 g/mol. The number of hydrogen-bond acceptors (Lipinski definition) is 2. The summed E-state index contributed by atoms with van der Waals surface area (Å²) in [6.45, 7) is 0.960. The fraction of sp³-hybridized carbons (Fsp3) is 0.538. The van der Waals surface area contributed by atoms with Gasteiger partial charge in [-0.3, -0.25) is 0 Å². The van der Waals surface area contributed by atoms with E-state index in [1.807, 2.05) is 12.1 Å². The van der Waals surface area contributed by atoms with Crippen LogP contribution in [0.3, 0.4) is 0 Å². The predicted molar refractivity (Wildman–Crippen MR) is 69.3 cm³/mol. The molecule has 3 heteroatoms. The number of nitrogens with one attached hydrogen (secondary N) is 1. The van der Waals surface area contributed by atoms with E-state index >= 15 is 0 Å². The molecule has 0 spiro atoms. The van der Waals surface area contributed by atoms with Crippen LogP contribution in [0.4, 0.5) is 0 Å². The van der Waals surface area contributed by atoms with Crippen molar-refractivity contribution in [1.82, 2.24) is 5.32 Å². The van der Waals surface area contributed by atoms with Gasteiger partial charge in [-0.15, -0.1) is 12.4 Å². The molecule has 0 aliphatic heterocycles. The van der Waals surface area contributed by atoms with Gasteiger partial charge >= 0.3 is 0 Å². The van der Waals surface area contributed by atoms with Crippen LogP contribution in [0.2, 0.25) is 0 Å². The molecule has 1 aliphatic carbocycles. The van der Waals surface area contributed by atoms with Crippen molar-refractivity contribution in [3.05, 3.63) is 29.8 Å². The van der Waals surface area contributed by atoms with Gasteiger partial charge in [0.1, 0.15) is 5.75 Å². The van der Waals surface area contributed by atoms with Crippen molar-refractivity contribution < 1.29 is 4.74 Å². The largest absolute Gasteiger partial charge is 0.497 e. The predicted octanol–water partition coefficient (Wildman–Crippen LogP) is 3.15. The zero-order valence-corrected chi connectivity index (χ0v) is 10.6. The summed E-state index contributed by atoms with van der Waals surface area (Å²) in [7, 11) is 1.71. The molecule has 90 valence electrons. The SMILES string of the molecule is COc1cccc(CNC2CCCC2)c1.Cl. The summed E-state index contributed by atoms with van der Waals surface area (Å²) in [5.41, 5.74) is 1.31. The molecule has 16 heavy (non-hydrogen) atoms. The van der Waals surface area contributed by atoms with Crippen molar-refractivity contribution >= 4 is 12.4 Å². The monoisotopic (exact) mass is 241 g/mol. The van der Waals surface area contributed by atoms with E-state index in [1.54, 1.807) is 7.11 Å². The van der Waals surface area contributed by atoms with E-state index in [2.05, 4.69) is 17.4 Å². The zero-order valence-electron chi connectivity index (χ0n) is 9.74. The van der Waals surface area contributed by atoms with Crippen LogP contribution in [0.25, 0.3) is 0 Å². The Hall–Kier alpha value is -0.730. The Kier molecular flexibility index (Phi) is 5.64. The minimum absolute atomic E-state index is 0. The Bertz CT molecular complexity index is 311. The quantitative estimate of drug-likeness (QED) is 0.875. The lowest BCUT2D eigenvalue weighted by Gasteiger charge is -2.12. The first-order chi connectivity index (χ1) is 7.38. The minimum atomic E-state index is 0. The highest BCUT2D eigenvalue weighted by Gasteiger charge is 2.13. The Morgan fingerprint density at radius 3 is 2.75 bits per heavy atom. The lowest BCUT2D eigenvalue weighted by atomic mass is 10.2. The number of methoxy groups -OCH3 is 1. The number of hydrogen-bond donors (Lipinski definition) is 1. The number of rotatable bonds is 4. The van der Waals surface area contributed by atoms with Gasteiger partial charge in [-0.2, -0.15) is 0 Å². The van der Waals surface area contributed by atoms with Crippen molar-refractivity contribution in [3.63, 3.8) is 0 Å². The van der Waals surface area contributed by atoms with Gasteiger partial charge in [0, 0.05) is 12.6 Å². The lowest BCUT2D eigenvalue weighted by Crippen LogP contribution is -2.25. The van der Waals surface area contributed by atoms with Crippen LogP contribution in [0, 0.1) is 0 Å². The molecule has 0 heterocycles. The topological polar surface area (TPSA) is 21.3 Å². The third-order valence-corrected chi connectivity index (χ3v) is 3.08. The highest BCUT2D eigenvalue weighted by atomic mass is 35.5. The summed E-state index contributed by atoms with van der Waals surface area (Å²) in [6.07, 6.45) is 5.44. The van der Waals surface area contributed by atoms with Gasteiger partial charge < -0.3 is 10.1 Å². The van der Waals surface area contributed by atoms with Gasteiger partial charge in [0.2, 0.25) is 0 Å². The fourth-order valence-corrected chi connectivity index (χ4v) is 2.17. The Labute approximate surface area is 104 Å². The highest BCUT2D eigenvalue weighted by molar-refractivity contribution is 5.85. The van der Waals surface area contributed by atoms with E-state index in [4.69, 9.17) is 4.74 Å². The van der Waals surface area contributed by atoms with Gasteiger partial charge in [0.25, 0.3) is 0 Å². The normalized spacial score (nSPS) is 15.8. The number of ether oxygens (including phenoxy) is 1. The van der Waals surface area contributed by atoms with Gasteiger partial charge in [-0.05, 0) is 30.5 Å². The molecule has 1 aromatic carbocycles. The highest BCUT2D eigenvalue weighted by Crippen LogP contribution is 2.18. The number of halogens is 1. The molecule has 1 aromatic rings. The maximum absolute atomic E-state index is 5.20. The van der Waals surface area contributed by atoms with Crippen molar-refractivity contribution in [3.8, 4) is 5.75 Å². The van der Waals surface area contributed by atoms with E-state index in [9.17, 15) is 0 Å². The molecular formula is C13H20ClNO. The average molecular weight is 242 g/mol. The summed E-state index contributed by atoms with van der Waals surface area (Å²) in [6, 6.07) is 9.01. The standard InChI is InChI=1S/C13H19NO.ClH/c1-15-13-8-4-5-11(9-13)10-14-12-6-2-3-7-12;/h4-5,8-9,12,14H,2-3,6-7,10H2,1H3;1H. The van der Waals surface area contributed by atoms with Gasteiger partial charge in [0.15, 0.2) is 0 Å². The van der Waals surface area contributed by atoms with E-state index in [1.165, 1.54) is 31.2 Å². The summed E-state index contributed by atoms with van der Waals surface area (Å²) < 4.78 is 5.20. The molecule has 0 aromatic heterocycles. The van der Waals surface area contributed by atoms with Crippen LogP contribution >= 0.6 is 12.4 Å². The molecule has 0 bridgehead atoms. The molecule has 1 fully saturated rings. The van der Waals surface area contributed by atoms with Crippen molar-refractivity contribution in [2.45, 2.75) is 38.3 Å². The van der Waals surface area contributed by atoms with Crippen LogP contribution in [0.5, 0.6) is 5.75 Å². The van der Waals surface area contributed by atoms with Crippen LogP contribution in [0.1, 0.15) is 31.2 Å². The Morgan fingerprint density at radius 1 is 1.31 bits per heavy atom. The van der Waals surface area contributed by atoms with Crippen molar-refractivity contribution in [2.75, 3.05) is 7.11 Å². The molecule has 0 atom stereocenters. The van der Waals surface area contributed by atoms with Crippen molar-refractivity contribution in [1.29, 1.82) is 0 Å². The fourth-order valence-electron chi connectivity index (χ4n) is 2.17. The second-order valence-electron chi connectivity index (χ2n) is 4.21. The lowest BCUT2D eigenvalue weighted by molar-refractivity contribution is 0.413. The van der Waals surface area contributed by atoms with E-state index in [0.717, 1.165) is 18.3 Å². The smallest absolute Gasteiger partial charge is 0.119 e. The Morgan fingerprint density at radius 2 is 2.06 bits per heavy atom. The van der Waals surface area contributed by atoms with E-state index in [-0.39, 0.29) is 12.4 Å². The van der Waals surface area contributed by atoms with Gasteiger partial charge in [-0.1, -0.05) is 25.0 Å². The second-order valence-corrected chi connectivity index (χ2v) is 4.21. The second kappa shape index (κ2) is 6.77. The third kappa shape index (κ3) is 3.69. The Balaban J connectivity index is 0.00000128. The van der Waals surface area contributed by atoms with Crippen LogP contribution in [0.15, 0.2) is 24.3 Å². The molecule has 1 saturated carbocycles. The first-order valence-electron chi connectivity index (χ1n) is 5.75. The molecule has 1 aliphatic rings. The van der Waals surface area contributed by atoms with E-state index in [0.29, 0.717) is 0 Å². The van der Waals surface area contributed by atoms with E-state index < -0.39 is 0 Å². The molecule has 0 saturated heterocycles. The van der Waals surface area contributed by atoms with Crippen LogP contribution in [-0.2, 0) is 6.54 Å². The molecule has 1 N–H and O–H groups in total. The molecule has 2 nitrogen and oxygen atoms in total. The first-order valence-corrected chi connectivity index (χ1v) is 5.75. The zero-order chi connectivity index (χ0) is 10.5. The summed E-state index contributed by atoms with van der Waals surface area (Å²) >= 11 is 0. The molecule has 0 amide bonds. The number of benzene rings is 1. The van der Waals surface area contributed by atoms with Crippen LogP contribution in [-0.4, -0.2) is 13.2 Å². The maximum Gasteiger partial charge on any atom is 0.119 e. The summed E-state index contributed by atoms with van der Waals surface area (Å²) in [4.78, 5) is 0. The molecule has 0 radical (unpaired) electrons. The first kappa shape index (κ1) is 13.3. The maximum atomic E-state index is 5.20. The van der Waals surface area contributed by atoms with Crippen molar-refractivity contribution in [2.24, 2.45) is 0 Å². The van der Waals surface area contributed by atoms with Gasteiger partial charge in [0.05, 0.1) is 7.11 Å². The average Bonchev–Trinajstić information content (AvgIpc) is 2.79. The molecule has 2 rings (SSSR count). The summed E-state index contributed by atoms with van der Waals surface area (Å²) in [5.74, 6) is 0.945. The minimum Gasteiger partial charge on any atom is -0.497 e. The van der Waals surface area contributed by atoms with Gasteiger partial charge in [-0.25, -0.2) is 0 Å². The molecule has 0 unspecified atom stereocenters. The third-order valence-electron chi connectivity index (χ3n) is 3.08. The van der Waals surface area contributed by atoms with Crippen LogP contribution < -0.4 is 10.1 Å².